The van der Waals surface area contributed by atoms with Crippen molar-refractivity contribution in [2.45, 2.75) is 44.0 Å². The summed E-state index contributed by atoms with van der Waals surface area (Å²) < 4.78 is 46.8. The quantitative estimate of drug-likeness (QED) is 0.379. The van der Waals surface area contributed by atoms with Gasteiger partial charge in [-0.1, -0.05) is 24.3 Å². The van der Waals surface area contributed by atoms with Crippen LogP contribution in [0.2, 0.25) is 0 Å². The number of pyridine rings is 1. The van der Waals surface area contributed by atoms with Crippen molar-refractivity contribution in [3.05, 3.63) is 78.0 Å². The smallest absolute Gasteiger partial charge is 0.416 e. The van der Waals surface area contributed by atoms with Gasteiger partial charge in [-0.05, 0) is 60.4 Å². The Kier molecular flexibility index (Phi) is 8.61. The van der Waals surface area contributed by atoms with Crippen LogP contribution in [-0.4, -0.2) is 60.5 Å². The first-order chi connectivity index (χ1) is 20.2. The Balaban J connectivity index is 0.00000113. The highest BCUT2D eigenvalue weighted by Gasteiger charge is 2.47. The van der Waals surface area contributed by atoms with E-state index in [9.17, 15) is 18.0 Å². The van der Waals surface area contributed by atoms with E-state index in [4.69, 9.17) is 14.3 Å². The van der Waals surface area contributed by atoms with Crippen molar-refractivity contribution >= 4 is 23.7 Å². The molecule has 0 N–H and O–H groups in total. The number of likely N-dealkylation sites (tertiary alicyclic amines) is 1. The van der Waals surface area contributed by atoms with Crippen LogP contribution in [0.5, 0.6) is 0 Å². The number of rotatable bonds is 5. The first kappa shape index (κ1) is 29.3. The Hall–Kier alpha value is -4.21. The van der Waals surface area contributed by atoms with E-state index >= 15 is 0 Å². The largest absolute Gasteiger partial charge is 0.441 e. The third-order valence-electron chi connectivity index (χ3n) is 8.12. The van der Waals surface area contributed by atoms with Gasteiger partial charge in [-0.3, -0.25) is 9.80 Å². The summed E-state index contributed by atoms with van der Waals surface area (Å²) in [6.45, 7) is 4.06. The van der Waals surface area contributed by atoms with Crippen molar-refractivity contribution in [2.24, 2.45) is 0 Å². The molecule has 220 valence electrons. The zero-order valence-electron chi connectivity index (χ0n) is 23.0. The summed E-state index contributed by atoms with van der Waals surface area (Å²) in [4.78, 5) is 39.6. The first-order valence-corrected chi connectivity index (χ1v) is 13.9. The number of aromatic nitrogens is 1. The highest BCUT2D eigenvalue weighted by molar-refractivity contribution is 5.90. The topological polar surface area (TPSA) is 83.1 Å². The van der Waals surface area contributed by atoms with Gasteiger partial charge < -0.3 is 9.64 Å². The molecule has 8 nitrogen and oxygen atoms in total. The molecule has 6 rings (SSSR count). The molecule has 42 heavy (non-hydrogen) atoms. The monoisotopic (exact) mass is 580 g/mol. The summed E-state index contributed by atoms with van der Waals surface area (Å²) in [6.07, 6.45) is 0.794. The van der Waals surface area contributed by atoms with E-state index in [1.165, 1.54) is 6.07 Å². The molecule has 3 saturated heterocycles. The zero-order valence-corrected chi connectivity index (χ0v) is 23.0. The number of ether oxygens (including phenoxy) is 1. The Labute approximate surface area is 241 Å². The molecule has 0 bridgehead atoms. The highest BCUT2D eigenvalue weighted by atomic mass is 19.4. The molecular formula is C31H31F3N4O4. The van der Waals surface area contributed by atoms with E-state index in [1.54, 1.807) is 17.2 Å². The highest BCUT2D eigenvalue weighted by Crippen LogP contribution is 2.38. The summed E-state index contributed by atoms with van der Waals surface area (Å²) >= 11 is 0. The van der Waals surface area contributed by atoms with Crippen molar-refractivity contribution < 1.29 is 32.3 Å². The van der Waals surface area contributed by atoms with Crippen molar-refractivity contribution in [3.8, 4) is 11.1 Å². The molecule has 1 spiro atoms. The average molecular weight is 581 g/mol. The van der Waals surface area contributed by atoms with Gasteiger partial charge in [0.15, 0.2) is 0 Å². The molecule has 1 aromatic heterocycles. The zero-order chi connectivity index (χ0) is 29.7. The van der Waals surface area contributed by atoms with Crippen LogP contribution in [0.3, 0.4) is 0 Å². The number of hydrogen-bond acceptors (Lipinski definition) is 7. The lowest BCUT2D eigenvalue weighted by molar-refractivity contribution is -0.191. The number of benzene rings is 2. The lowest BCUT2D eigenvalue weighted by Crippen LogP contribution is -2.46. The molecule has 4 heterocycles. The van der Waals surface area contributed by atoms with Gasteiger partial charge in [0.25, 0.3) is 0 Å². The van der Waals surface area contributed by atoms with Gasteiger partial charge >= 0.3 is 18.4 Å². The molecular weight excluding hydrogens is 549 g/mol. The second kappa shape index (κ2) is 12.3. The number of alkyl halides is 3. The lowest BCUT2D eigenvalue weighted by atomic mass is 9.90. The fraction of sp³-hybridized carbons (Fsp3) is 0.387. The first-order valence-electron chi connectivity index (χ1n) is 13.9. The third kappa shape index (κ3) is 6.48. The van der Waals surface area contributed by atoms with Gasteiger partial charge in [0, 0.05) is 63.0 Å². The minimum atomic E-state index is -4.42. The van der Waals surface area contributed by atoms with Crippen LogP contribution in [0.25, 0.3) is 11.1 Å². The van der Waals surface area contributed by atoms with E-state index < -0.39 is 17.3 Å². The van der Waals surface area contributed by atoms with E-state index in [0.29, 0.717) is 44.6 Å². The second-order valence-corrected chi connectivity index (χ2v) is 10.8. The molecule has 1 amide bonds. The molecule has 0 saturated carbocycles. The molecule has 3 aliphatic rings. The van der Waals surface area contributed by atoms with Gasteiger partial charge in [-0.2, -0.15) is 22.8 Å². The number of para-hydroxylation sites is 1. The molecule has 11 heteroatoms. The van der Waals surface area contributed by atoms with Crippen LogP contribution in [0.1, 0.15) is 36.8 Å². The van der Waals surface area contributed by atoms with Gasteiger partial charge in [-0.25, -0.2) is 9.78 Å². The molecule has 3 aromatic rings. The maximum atomic E-state index is 13.6. The van der Waals surface area contributed by atoms with E-state index in [-0.39, 0.29) is 12.2 Å². The van der Waals surface area contributed by atoms with Gasteiger partial charge in [0.2, 0.25) is 0 Å². The predicted octanol–water partition coefficient (Wildman–Crippen LogP) is 5.78. The number of carbonyl (C=O) groups excluding carboxylic acids is 3. The number of halogens is 3. The number of hydrogen-bond donors (Lipinski definition) is 0. The number of anilines is 2. The molecule has 0 aliphatic carbocycles. The standard InChI is InChI=1S/C30H31F3N4O2.CO2/c31-30(32,33)24-9-10-26(22-8-11-27(34-19-22)36-14-4-5-15-36)23(18-24)20-35-16-12-29(13-17-35)21-37(28(38)39-29)25-6-2-1-3-7-25;2-1-3/h1-3,6-11,18-19H,4-5,12-17,20-21H2;. The molecule has 2 aromatic carbocycles. The number of amides is 1. The Morgan fingerprint density at radius 2 is 1.62 bits per heavy atom. The van der Waals surface area contributed by atoms with Gasteiger partial charge in [0.05, 0.1) is 12.1 Å². The Bertz CT molecular complexity index is 1410. The van der Waals surface area contributed by atoms with Crippen molar-refractivity contribution in [3.63, 3.8) is 0 Å². The average Bonchev–Trinajstić information content (AvgIpc) is 3.64. The molecule has 0 unspecified atom stereocenters. The van der Waals surface area contributed by atoms with Crippen LogP contribution in [0.4, 0.5) is 29.5 Å². The third-order valence-corrected chi connectivity index (χ3v) is 8.12. The van der Waals surface area contributed by atoms with Crippen LogP contribution in [0, 0.1) is 0 Å². The maximum absolute atomic E-state index is 13.6. The molecule has 0 radical (unpaired) electrons. The number of piperidine rings is 1. The van der Waals surface area contributed by atoms with E-state index in [0.717, 1.165) is 54.6 Å². The number of nitrogens with zero attached hydrogens (tertiary/aromatic N) is 4. The molecule has 3 aliphatic heterocycles. The van der Waals surface area contributed by atoms with Crippen molar-refractivity contribution in [1.82, 2.24) is 9.88 Å². The summed E-state index contributed by atoms with van der Waals surface area (Å²) in [7, 11) is 0. The minimum Gasteiger partial charge on any atom is -0.441 e. The summed E-state index contributed by atoms with van der Waals surface area (Å²) in [5.41, 5.74) is 1.75. The van der Waals surface area contributed by atoms with Crippen LogP contribution in [0.15, 0.2) is 66.9 Å². The van der Waals surface area contributed by atoms with Crippen molar-refractivity contribution in [1.29, 1.82) is 0 Å². The van der Waals surface area contributed by atoms with E-state index in [1.807, 2.05) is 42.5 Å². The lowest BCUT2D eigenvalue weighted by Gasteiger charge is -2.37. The summed E-state index contributed by atoms with van der Waals surface area (Å²) in [6, 6.07) is 17.3. The van der Waals surface area contributed by atoms with Crippen LogP contribution in [-0.2, 0) is 27.0 Å². The number of carbonyl (C=O) groups is 1. The Morgan fingerprint density at radius 1 is 0.929 bits per heavy atom. The molecule has 0 atom stereocenters. The maximum Gasteiger partial charge on any atom is 0.416 e. The van der Waals surface area contributed by atoms with E-state index in [2.05, 4.69) is 14.8 Å². The second-order valence-electron chi connectivity index (χ2n) is 10.8. The van der Waals surface area contributed by atoms with Gasteiger partial charge in [-0.15, -0.1) is 0 Å². The SMILES string of the molecule is O=C1OC2(CCN(Cc3cc(C(F)(F)F)ccc3-c3ccc(N4CCCC4)nc3)CC2)CN1c1ccccc1.O=C=O. The summed E-state index contributed by atoms with van der Waals surface area (Å²) in [5.74, 6) is 0.904. The van der Waals surface area contributed by atoms with Crippen LogP contribution < -0.4 is 9.80 Å². The van der Waals surface area contributed by atoms with Crippen molar-refractivity contribution in [2.75, 3.05) is 42.5 Å². The fourth-order valence-corrected chi connectivity index (χ4v) is 5.91. The fourth-order valence-electron chi connectivity index (χ4n) is 5.91. The summed E-state index contributed by atoms with van der Waals surface area (Å²) in [5, 5.41) is 0. The molecule has 3 fully saturated rings. The van der Waals surface area contributed by atoms with Crippen LogP contribution >= 0.6 is 0 Å². The Morgan fingerprint density at radius 3 is 2.24 bits per heavy atom. The minimum absolute atomic E-state index is 0.250. The normalized spacial score (nSPS) is 18.4. The predicted molar refractivity (Wildman–Crippen MR) is 149 cm³/mol. The van der Waals surface area contributed by atoms with Gasteiger partial charge in [0.1, 0.15) is 11.4 Å².